The number of hydrogen-bond acceptors (Lipinski definition) is 18. The molecule has 0 radical (unpaired) electrons. The number of hydrogen-bond donors (Lipinski definition) is 4. The lowest BCUT2D eigenvalue weighted by atomic mass is 9.82. The minimum absolute atomic E-state index is 0.192. The van der Waals surface area contributed by atoms with Gasteiger partial charge in [-0.1, -0.05) is 45.9 Å². The van der Waals surface area contributed by atoms with Crippen molar-refractivity contribution in [3.8, 4) is 5.75 Å². The highest BCUT2D eigenvalue weighted by atomic mass is 16.8. The number of amides is 2. The topological polar surface area (TPSA) is 259 Å². The van der Waals surface area contributed by atoms with Crippen molar-refractivity contribution in [3.05, 3.63) is 30.3 Å². The van der Waals surface area contributed by atoms with Crippen LogP contribution in [-0.2, 0) is 71.4 Å². The number of Topliss-reactive ketones (excluding diaryl/α,β-unsaturated/α-hetero) is 1. The van der Waals surface area contributed by atoms with Gasteiger partial charge < -0.3 is 68.2 Å². The molecule has 1 aromatic carbocycles. The Balaban J connectivity index is 1.39. The molecule has 4 aliphatic rings. The van der Waals surface area contributed by atoms with E-state index in [-0.39, 0.29) is 23.4 Å². The van der Waals surface area contributed by atoms with Crippen LogP contribution < -0.4 is 15.4 Å². The van der Waals surface area contributed by atoms with E-state index in [1.807, 2.05) is 13.8 Å². The third kappa shape index (κ3) is 11.9. The lowest BCUT2D eigenvalue weighted by molar-refractivity contribution is -0.352. The van der Waals surface area contributed by atoms with Crippen LogP contribution in [0.25, 0.3) is 0 Å². The summed E-state index contributed by atoms with van der Waals surface area (Å²) in [7, 11) is 0. The average Bonchev–Trinajstić information content (AvgIpc) is 3.21. The summed E-state index contributed by atoms with van der Waals surface area (Å²) in [5.41, 5.74) is -2.22. The van der Waals surface area contributed by atoms with Gasteiger partial charge in [0.1, 0.15) is 29.7 Å². The van der Waals surface area contributed by atoms with Crippen LogP contribution in [-0.4, -0.2) is 150 Å². The van der Waals surface area contributed by atoms with Gasteiger partial charge in [-0.05, 0) is 45.7 Å². The second-order valence-corrected chi connectivity index (χ2v) is 17.9. The molecular weight excluding hydrogens is 856 g/mol. The number of nitrogens with one attached hydrogen (secondary N) is 2. The molecule has 4 heterocycles. The first-order valence-corrected chi connectivity index (χ1v) is 22.0. The number of esters is 3. The van der Waals surface area contributed by atoms with Gasteiger partial charge in [-0.2, -0.15) is 0 Å². The van der Waals surface area contributed by atoms with Gasteiger partial charge in [-0.15, -0.1) is 0 Å². The van der Waals surface area contributed by atoms with Crippen molar-refractivity contribution in [2.24, 2.45) is 23.7 Å². The molecule has 0 aromatic heterocycles. The summed E-state index contributed by atoms with van der Waals surface area (Å²) in [5, 5.41) is 28.4. The Kier molecular flexibility index (Phi) is 17.3. The van der Waals surface area contributed by atoms with Crippen LogP contribution in [0.15, 0.2) is 30.3 Å². The Morgan fingerprint density at radius 1 is 0.631 bits per heavy atom. The van der Waals surface area contributed by atoms with E-state index >= 15 is 0 Å². The van der Waals surface area contributed by atoms with E-state index < -0.39 is 146 Å². The summed E-state index contributed by atoms with van der Waals surface area (Å²) >= 11 is 0. The molecule has 20 heteroatoms. The fourth-order valence-electron chi connectivity index (χ4n) is 9.29. The molecule has 20 atom stereocenters. The zero-order chi connectivity index (χ0) is 48.2. The molecule has 0 saturated carbocycles. The third-order valence-electron chi connectivity index (χ3n) is 12.8. The van der Waals surface area contributed by atoms with E-state index in [4.69, 9.17) is 47.4 Å². The zero-order valence-electron chi connectivity index (χ0n) is 39.0. The van der Waals surface area contributed by atoms with E-state index in [1.165, 1.54) is 41.5 Å². The number of para-hydroxylation sites is 1. The van der Waals surface area contributed by atoms with Gasteiger partial charge in [0.2, 0.25) is 11.8 Å². The summed E-state index contributed by atoms with van der Waals surface area (Å²) < 4.78 is 61.4. The van der Waals surface area contributed by atoms with Crippen LogP contribution in [0.5, 0.6) is 5.75 Å². The quantitative estimate of drug-likeness (QED) is 0.152. The molecule has 364 valence electrons. The summed E-state index contributed by atoms with van der Waals surface area (Å²) in [6, 6.07) is 6.22. The molecule has 4 aliphatic heterocycles. The molecule has 4 N–H and O–H groups in total. The lowest BCUT2D eigenvalue weighted by Crippen LogP contribution is -2.70. The van der Waals surface area contributed by atoms with Crippen molar-refractivity contribution in [1.29, 1.82) is 0 Å². The van der Waals surface area contributed by atoms with Gasteiger partial charge in [0.15, 0.2) is 43.0 Å². The normalized spacial score (nSPS) is 40.7. The molecule has 8 unspecified atom stereocenters. The van der Waals surface area contributed by atoms with E-state index in [0.717, 1.165) is 6.92 Å². The number of ketones is 1. The van der Waals surface area contributed by atoms with E-state index in [0.29, 0.717) is 0 Å². The number of aliphatic hydroxyl groups is 2. The van der Waals surface area contributed by atoms with Crippen molar-refractivity contribution in [2.75, 3.05) is 6.61 Å². The lowest BCUT2D eigenvalue weighted by Gasteiger charge is -2.52. The molecule has 5 rings (SSSR count). The fourth-order valence-corrected chi connectivity index (χ4v) is 9.29. The molecule has 0 aliphatic carbocycles. The van der Waals surface area contributed by atoms with Crippen molar-refractivity contribution in [3.63, 3.8) is 0 Å². The van der Waals surface area contributed by atoms with Crippen molar-refractivity contribution < 1.29 is 86.3 Å². The van der Waals surface area contributed by atoms with Crippen LogP contribution in [0.1, 0.15) is 83.1 Å². The van der Waals surface area contributed by atoms with Crippen LogP contribution >= 0.6 is 0 Å². The molecule has 2 amide bonds. The molecule has 1 aromatic rings. The molecule has 0 bridgehead atoms. The number of carbonyl (C=O) groups excluding carboxylic acids is 6. The number of aliphatic hydroxyl groups excluding tert-OH is 1. The van der Waals surface area contributed by atoms with Crippen LogP contribution in [0.4, 0.5) is 0 Å². The highest BCUT2D eigenvalue weighted by molar-refractivity contribution is 5.81. The maximum Gasteiger partial charge on any atom is 0.343 e. The molecule has 4 saturated heterocycles. The van der Waals surface area contributed by atoms with E-state index in [1.54, 1.807) is 51.1 Å². The maximum atomic E-state index is 13.4. The highest BCUT2D eigenvalue weighted by Gasteiger charge is 2.60. The smallest absolute Gasteiger partial charge is 0.343 e. The predicted molar refractivity (Wildman–Crippen MR) is 224 cm³/mol. The Hall–Kier alpha value is -4.12. The molecule has 0 spiro atoms. The Bertz CT molecular complexity index is 1850. The van der Waals surface area contributed by atoms with Crippen molar-refractivity contribution in [1.82, 2.24) is 10.6 Å². The molecular formula is C45H66N2O18. The van der Waals surface area contributed by atoms with Crippen LogP contribution in [0.3, 0.4) is 0 Å². The van der Waals surface area contributed by atoms with E-state index in [9.17, 15) is 39.0 Å². The first-order valence-electron chi connectivity index (χ1n) is 22.0. The third-order valence-corrected chi connectivity index (χ3v) is 12.8. The summed E-state index contributed by atoms with van der Waals surface area (Å²) in [6.45, 7) is 17.5. The van der Waals surface area contributed by atoms with Crippen molar-refractivity contribution in [2.45, 2.75) is 181 Å². The van der Waals surface area contributed by atoms with Gasteiger partial charge in [0.25, 0.3) is 0 Å². The van der Waals surface area contributed by atoms with Crippen LogP contribution in [0, 0.1) is 23.7 Å². The second-order valence-electron chi connectivity index (χ2n) is 17.9. The first kappa shape index (κ1) is 51.9. The average molecular weight is 923 g/mol. The fraction of sp³-hybridized carbons (Fsp3) is 0.733. The Morgan fingerprint density at radius 3 is 1.69 bits per heavy atom. The summed E-state index contributed by atoms with van der Waals surface area (Å²) in [4.78, 5) is 76.3. The minimum Gasteiger partial charge on any atom is -0.457 e. The Morgan fingerprint density at radius 2 is 1.15 bits per heavy atom. The van der Waals surface area contributed by atoms with E-state index in [2.05, 4.69) is 10.6 Å². The maximum absolute atomic E-state index is 13.4. The van der Waals surface area contributed by atoms with Gasteiger partial charge in [0, 0.05) is 45.4 Å². The zero-order valence-corrected chi connectivity index (χ0v) is 39.0. The Labute approximate surface area is 378 Å². The monoisotopic (exact) mass is 922 g/mol. The van der Waals surface area contributed by atoms with Crippen molar-refractivity contribution >= 4 is 35.5 Å². The number of ether oxygens (including phenoxy) is 10. The minimum atomic E-state index is -2.22. The highest BCUT2D eigenvalue weighted by Crippen LogP contribution is 2.41. The predicted octanol–water partition coefficient (Wildman–Crippen LogP) is 1.48. The first-order chi connectivity index (χ1) is 30.5. The van der Waals surface area contributed by atoms with Gasteiger partial charge in [0.05, 0.1) is 43.1 Å². The number of carbonyl (C=O) groups is 6. The second kappa shape index (κ2) is 21.7. The number of rotatable bonds is 14. The van der Waals surface area contributed by atoms with Gasteiger partial charge >= 0.3 is 17.9 Å². The SMILES string of the molecule is CC(=O)NC1[C@H](O[C@@H]2C(CO)O[C@@H](OC3[C@H](C)OC(C(=O)Oc4ccccc4)[C@@](C)(O)[C@@H]3OC(C)=O)C(NC(C)=O)[C@H]2C)OC(C)[C@@H](O[C@@H]2OC(C(C)=O)[C@H](C)[C@H](C)C2OC(C)=O)[C@@H]1C. The van der Waals surface area contributed by atoms with Gasteiger partial charge in [-0.25, -0.2) is 4.79 Å². The molecule has 20 nitrogen and oxygen atoms in total. The largest absolute Gasteiger partial charge is 0.457 e. The summed E-state index contributed by atoms with van der Waals surface area (Å²) in [6.07, 6.45) is -14.7. The standard InChI is InChI=1S/C45H66N2O18/c1-19-20(2)37(58-28(10)52)44(62-34(19)23(5)49)63-35-21(3)32(46-26(8)50)42(57-24(35)6)64-36-22(4)33(47-27(9)51)43(61-31(36)18-48)65-38-25(7)56-40(45(12,55)39(38)59-29(11)53)41(54)60-30-16-14-13-15-17-30/h13-17,19-22,24-25,31-40,42-44,48,55H,18H2,1-12H3,(H,46,50)(H,47,51)/t19-,20+,21-,22-,24?,25+,31?,32?,33?,34?,35+,36+,37?,38?,39-,40?,42+,43+,44+,45+/m1/s1. The summed E-state index contributed by atoms with van der Waals surface area (Å²) in [5.74, 6) is -5.17. The van der Waals surface area contributed by atoms with Crippen LogP contribution in [0.2, 0.25) is 0 Å². The van der Waals surface area contributed by atoms with Gasteiger partial charge in [-0.3, -0.25) is 24.0 Å². The molecule has 4 fully saturated rings. The number of benzene rings is 1. The molecule has 65 heavy (non-hydrogen) atoms.